The molecule has 1 heterocycles. The van der Waals surface area contributed by atoms with Gasteiger partial charge in [0, 0.05) is 37.6 Å². The van der Waals surface area contributed by atoms with E-state index in [0.717, 1.165) is 30.4 Å². The van der Waals surface area contributed by atoms with Crippen LogP contribution >= 0.6 is 0 Å². The van der Waals surface area contributed by atoms with E-state index in [1.54, 1.807) is 12.4 Å². The lowest BCUT2D eigenvalue weighted by molar-refractivity contribution is -0.121. The molecule has 0 atom stereocenters. The van der Waals surface area contributed by atoms with Gasteiger partial charge < -0.3 is 16.0 Å². The molecule has 0 fully saturated rings. The van der Waals surface area contributed by atoms with Gasteiger partial charge >= 0.3 is 6.03 Å². The molecule has 0 aliphatic heterocycles. The molecule has 2 aromatic carbocycles. The zero-order valence-electron chi connectivity index (χ0n) is 18.4. The minimum atomic E-state index is -0.281. The fourth-order valence-electron chi connectivity index (χ4n) is 3.28. The molecule has 32 heavy (non-hydrogen) atoms. The van der Waals surface area contributed by atoms with Gasteiger partial charge in [-0.2, -0.15) is 0 Å². The van der Waals surface area contributed by atoms with Gasteiger partial charge in [-0.15, -0.1) is 0 Å². The molecule has 0 aliphatic rings. The zero-order chi connectivity index (χ0) is 22.6. The predicted molar refractivity (Wildman–Crippen MR) is 127 cm³/mol. The highest BCUT2D eigenvalue weighted by molar-refractivity contribution is 5.89. The Bertz CT molecular complexity index is 1000. The number of carbonyl (C=O) groups excluding carboxylic acids is 2. The number of rotatable bonds is 10. The van der Waals surface area contributed by atoms with Gasteiger partial charge in [0.25, 0.3) is 0 Å². The normalized spacial score (nSPS) is 10.4. The van der Waals surface area contributed by atoms with Crippen molar-refractivity contribution in [3.05, 3.63) is 95.3 Å². The summed E-state index contributed by atoms with van der Waals surface area (Å²) in [7, 11) is 0. The highest BCUT2D eigenvalue weighted by atomic mass is 16.2. The van der Waals surface area contributed by atoms with Crippen LogP contribution in [-0.2, 0) is 24.3 Å². The minimum absolute atomic E-state index is 0.0439. The van der Waals surface area contributed by atoms with Crippen LogP contribution in [0.2, 0.25) is 0 Å². The lowest BCUT2D eigenvalue weighted by Gasteiger charge is -2.10. The third-order valence-corrected chi connectivity index (χ3v) is 5.12. The molecule has 3 rings (SSSR count). The lowest BCUT2D eigenvalue weighted by Crippen LogP contribution is -2.28. The smallest absolute Gasteiger partial charge is 0.319 e. The van der Waals surface area contributed by atoms with E-state index in [1.165, 1.54) is 11.1 Å². The third kappa shape index (κ3) is 8.22. The van der Waals surface area contributed by atoms with Crippen LogP contribution in [-0.4, -0.2) is 16.9 Å². The van der Waals surface area contributed by atoms with Gasteiger partial charge in [0.05, 0.1) is 0 Å². The molecule has 0 aliphatic carbocycles. The number of unbranched alkanes of at least 4 members (excludes halogenated alkanes) is 1. The molecule has 3 amide bonds. The topological polar surface area (TPSA) is 83.1 Å². The van der Waals surface area contributed by atoms with Crippen LogP contribution < -0.4 is 16.0 Å². The fraction of sp³-hybridized carbons (Fsp3) is 0.269. The monoisotopic (exact) mass is 430 g/mol. The summed E-state index contributed by atoms with van der Waals surface area (Å²) in [5.41, 5.74) is 5.17. The first-order valence-corrected chi connectivity index (χ1v) is 10.9. The van der Waals surface area contributed by atoms with Crippen molar-refractivity contribution in [3.63, 3.8) is 0 Å². The van der Waals surface area contributed by atoms with Crippen LogP contribution in [0.4, 0.5) is 10.5 Å². The summed E-state index contributed by atoms with van der Waals surface area (Å²) >= 11 is 0. The van der Waals surface area contributed by atoms with Gasteiger partial charge in [-0.1, -0.05) is 42.0 Å². The summed E-state index contributed by atoms with van der Waals surface area (Å²) in [4.78, 5) is 28.2. The van der Waals surface area contributed by atoms with E-state index < -0.39 is 0 Å². The van der Waals surface area contributed by atoms with Crippen LogP contribution in [0.3, 0.4) is 0 Å². The number of hydrogen-bond acceptors (Lipinski definition) is 3. The van der Waals surface area contributed by atoms with Crippen LogP contribution in [0, 0.1) is 6.92 Å². The average molecular weight is 431 g/mol. The Kier molecular flexibility index (Phi) is 8.80. The third-order valence-electron chi connectivity index (χ3n) is 5.12. The Balaban J connectivity index is 1.35. The molecule has 0 radical (unpaired) electrons. The molecule has 3 N–H and O–H groups in total. The molecule has 6 heteroatoms. The van der Waals surface area contributed by atoms with E-state index in [2.05, 4.69) is 52.1 Å². The number of benzene rings is 2. The first kappa shape index (κ1) is 23.0. The van der Waals surface area contributed by atoms with Gasteiger partial charge in [0.1, 0.15) is 0 Å². The fourth-order valence-corrected chi connectivity index (χ4v) is 3.28. The Morgan fingerprint density at radius 1 is 0.812 bits per heavy atom. The van der Waals surface area contributed by atoms with Gasteiger partial charge in [-0.3, -0.25) is 9.78 Å². The molecular formula is C26H30N4O2. The maximum absolute atomic E-state index is 12.2. The van der Waals surface area contributed by atoms with Crippen molar-refractivity contribution in [2.24, 2.45) is 0 Å². The molecule has 0 bridgehead atoms. The van der Waals surface area contributed by atoms with E-state index in [0.29, 0.717) is 25.2 Å². The van der Waals surface area contributed by atoms with E-state index in [-0.39, 0.29) is 11.9 Å². The van der Waals surface area contributed by atoms with Crippen molar-refractivity contribution < 1.29 is 9.59 Å². The Labute approximate surface area is 189 Å². The summed E-state index contributed by atoms with van der Waals surface area (Å²) in [6.45, 7) is 2.94. The number of urea groups is 1. The second-order valence-electron chi connectivity index (χ2n) is 7.83. The highest BCUT2D eigenvalue weighted by Crippen LogP contribution is 2.11. The number of carbonyl (C=O) groups is 2. The number of aromatic nitrogens is 1. The molecule has 0 saturated heterocycles. The number of hydrogen-bond donors (Lipinski definition) is 3. The maximum Gasteiger partial charge on any atom is 0.319 e. The number of pyridine rings is 1. The van der Waals surface area contributed by atoms with Crippen molar-refractivity contribution in [1.29, 1.82) is 0 Å². The van der Waals surface area contributed by atoms with Crippen LogP contribution in [0.15, 0.2) is 73.1 Å². The predicted octanol–water partition coefficient (Wildman–Crippen LogP) is 4.74. The summed E-state index contributed by atoms with van der Waals surface area (Å²) < 4.78 is 0. The second kappa shape index (κ2) is 12.2. The molecule has 0 spiro atoms. The highest BCUT2D eigenvalue weighted by Gasteiger charge is 2.05. The first-order chi connectivity index (χ1) is 15.6. The number of amides is 3. The Hall–Kier alpha value is -3.67. The lowest BCUT2D eigenvalue weighted by atomic mass is 10.1. The van der Waals surface area contributed by atoms with Crippen molar-refractivity contribution in [1.82, 2.24) is 15.6 Å². The maximum atomic E-state index is 12.2. The summed E-state index contributed by atoms with van der Waals surface area (Å²) in [5, 5.41) is 8.59. The largest absolute Gasteiger partial charge is 0.352 e. The van der Waals surface area contributed by atoms with Gasteiger partial charge in [0.2, 0.25) is 5.91 Å². The van der Waals surface area contributed by atoms with Crippen LogP contribution in [0.25, 0.3) is 0 Å². The number of aryl methyl sites for hydroxylation is 2. The van der Waals surface area contributed by atoms with E-state index >= 15 is 0 Å². The molecule has 0 unspecified atom stereocenters. The first-order valence-electron chi connectivity index (χ1n) is 10.9. The molecule has 3 aromatic rings. The van der Waals surface area contributed by atoms with Gasteiger partial charge in [-0.25, -0.2) is 4.79 Å². The number of anilines is 1. The van der Waals surface area contributed by atoms with E-state index in [4.69, 9.17) is 0 Å². The summed E-state index contributed by atoms with van der Waals surface area (Å²) in [6.07, 6.45) is 6.74. The van der Waals surface area contributed by atoms with E-state index in [9.17, 15) is 9.59 Å². The molecule has 166 valence electrons. The number of nitrogens with one attached hydrogen (secondary N) is 3. The minimum Gasteiger partial charge on any atom is -0.352 e. The Morgan fingerprint density at radius 3 is 2.34 bits per heavy atom. The second-order valence-corrected chi connectivity index (χ2v) is 7.83. The molecule has 0 saturated carbocycles. The van der Waals surface area contributed by atoms with Crippen LogP contribution in [0.1, 0.15) is 41.5 Å². The van der Waals surface area contributed by atoms with Crippen LogP contribution in [0.5, 0.6) is 0 Å². The molecular weight excluding hydrogens is 400 g/mol. The van der Waals surface area contributed by atoms with Crippen molar-refractivity contribution >= 4 is 17.6 Å². The molecule has 1 aromatic heterocycles. The van der Waals surface area contributed by atoms with Crippen molar-refractivity contribution in [2.75, 3.05) is 5.32 Å². The summed E-state index contributed by atoms with van der Waals surface area (Å²) in [5.74, 6) is 0.0439. The van der Waals surface area contributed by atoms with Gasteiger partial charge in [0.15, 0.2) is 0 Å². The zero-order valence-corrected chi connectivity index (χ0v) is 18.4. The standard InChI is InChI=1S/C26H30N4O2/c1-20-9-11-21(12-10-20)5-2-3-8-25(31)28-19-23-6-4-7-24(17-23)30-26(32)29-18-22-13-15-27-16-14-22/h4,6-7,9-17H,2-3,5,8,18-19H2,1H3,(H,28,31)(H2,29,30,32). The molecule has 6 nitrogen and oxygen atoms in total. The van der Waals surface area contributed by atoms with Crippen molar-refractivity contribution in [2.45, 2.75) is 45.7 Å². The van der Waals surface area contributed by atoms with Crippen molar-refractivity contribution in [3.8, 4) is 0 Å². The quantitative estimate of drug-likeness (QED) is 0.406. The van der Waals surface area contributed by atoms with Gasteiger partial charge in [-0.05, 0) is 67.1 Å². The average Bonchev–Trinajstić information content (AvgIpc) is 2.81. The summed E-state index contributed by atoms with van der Waals surface area (Å²) in [6, 6.07) is 19.4. The number of nitrogens with zero attached hydrogens (tertiary/aromatic N) is 1. The SMILES string of the molecule is Cc1ccc(CCCCC(=O)NCc2cccc(NC(=O)NCc3ccncc3)c2)cc1. The Morgan fingerprint density at radius 2 is 1.56 bits per heavy atom. The van der Waals surface area contributed by atoms with E-state index in [1.807, 2.05) is 36.4 Å².